The number of esters is 1. The maximum absolute atomic E-state index is 12.7. The predicted octanol–water partition coefficient (Wildman–Crippen LogP) is 2.22. The minimum atomic E-state index is -0.659. The minimum absolute atomic E-state index is 0.113. The number of methoxy groups -OCH3 is 1. The van der Waals surface area contributed by atoms with Crippen LogP contribution < -0.4 is 4.80 Å². The Morgan fingerprint density at radius 3 is 2.23 bits per heavy atom. The van der Waals surface area contributed by atoms with Crippen molar-refractivity contribution in [3.63, 3.8) is 0 Å². The molecule has 1 aliphatic heterocycles. The molecule has 3 aromatic rings. The normalized spacial score (nSPS) is 13.8. The minimum Gasteiger partial charge on any atom is -0.468 e. The molecule has 0 fully saturated rings. The van der Waals surface area contributed by atoms with E-state index in [2.05, 4.69) is 4.99 Å². The predicted molar refractivity (Wildman–Crippen MR) is 114 cm³/mol. The first-order valence-electron chi connectivity index (χ1n) is 9.50. The van der Waals surface area contributed by atoms with Gasteiger partial charge in [0.25, 0.3) is 17.7 Å². The van der Waals surface area contributed by atoms with Crippen molar-refractivity contribution in [2.24, 2.45) is 4.99 Å². The van der Waals surface area contributed by atoms with Gasteiger partial charge in [-0.05, 0) is 49.2 Å². The molecule has 1 aliphatic rings. The summed E-state index contributed by atoms with van der Waals surface area (Å²) in [7, 11) is 1.29. The fourth-order valence-electron chi connectivity index (χ4n) is 3.41. The smallest absolute Gasteiger partial charge is 0.325 e. The Kier molecular flexibility index (Phi) is 5.28. The van der Waals surface area contributed by atoms with Gasteiger partial charge in [-0.3, -0.25) is 24.1 Å². The number of hydrogen-bond donors (Lipinski definition) is 0. The zero-order valence-electron chi connectivity index (χ0n) is 17.2. The first-order chi connectivity index (χ1) is 14.8. The standard InChI is InChI=1S/C22H19N3O5S/c1-12-8-16-17(9-13(12)2)31-22(24(16)11-19(27)30-3)23-18(26)10-25-20(28)14-6-4-5-7-15(14)21(25)29/h4-9H,10-11H2,1-3H3. The quantitative estimate of drug-likeness (QED) is 0.460. The Balaban J connectivity index is 1.71. The first kappa shape index (κ1) is 20.7. The van der Waals surface area contributed by atoms with Crippen LogP contribution in [0.25, 0.3) is 10.2 Å². The number of aryl methyl sites for hydroxylation is 2. The molecule has 0 saturated heterocycles. The van der Waals surface area contributed by atoms with E-state index in [1.165, 1.54) is 18.4 Å². The van der Waals surface area contributed by atoms with Gasteiger partial charge in [-0.1, -0.05) is 23.5 Å². The van der Waals surface area contributed by atoms with Crippen LogP contribution in [-0.2, 0) is 20.9 Å². The van der Waals surface area contributed by atoms with E-state index in [-0.39, 0.29) is 17.7 Å². The maximum Gasteiger partial charge on any atom is 0.325 e. The van der Waals surface area contributed by atoms with Gasteiger partial charge in [0.2, 0.25) is 0 Å². The number of thiazole rings is 1. The van der Waals surface area contributed by atoms with Gasteiger partial charge in [0.1, 0.15) is 13.1 Å². The van der Waals surface area contributed by atoms with Crippen molar-refractivity contribution in [2.45, 2.75) is 20.4 Å². The second-order valence-corrected chi connectivity index (χ2v) is 8.21. The zero-order valence-corrected chi connectivity index (χ0v) is 18.0. The number of fused-ring (bicyclic) bond motifs is 2. The summed E-state index contributed by atoms with van der Waals surface area (Å²) in [6, 6.07) is 10.3. The molecule has 2 heterocycles. The second kappa shape index (κ2) is 7.92. The van der Waals surface area contributed by atoms with Gasteiger partial charge in [0, 0.05) is 0 Å². The molecule has 4 rings (SSSR count). The SMILES string of the molecule is COC(=O)Cn1c(=NC(=O)CN2C(=O)c3ccccc3C2=O)sc2cc(C)c(C)cc21. The number of benzene rings is 2. The highest BCUT2D eigenvalue weighted by molar-refractivity contribution is 7.16. The van der Waals surface area contributed by atoms with E-state index in [4.69, 9.17) is 4.74 Å². The third-order valence-corrected chi connectivity index (χ3v) is 6.25. The van der Waals surface area contributed by atoms with Gasteiger partial charge >= 0.3 is 5.97 Å². The molecule has 9 heteroatoms. The molecule has 0 aliphatic carbocycles. The lowest BCUT2D eigenvalue weighted by Crippen LogP contribution is -2.35. The summed E-state index contributed by atoms with van der Waals surface area (Å²) in [6.07, 6.45) is 0. The fourth-order valence-corrected chi connectivity index (χ4v) is 4.54. The Bertz CT molecular complexity index is 1300. The summed E-state index contributed by atoms with van der Waals surface area (Å²) < 4.78 is 7.25. The monoisotopic (exact) mass is 437 g/mol. The molecule has 2 aromatic carbocycles. The molecule has 1 aromatic heterocycles. The van der Waals surface area contributed by atoms with Crippen LogP contribution in [0.15, 0.2) is 41.4 Å². The summed E-state index contributed by atoms with van der Waals surface area (Å²) in [6.45, 7) is 3.34. The van der Waals surface area contributed by atoms with Crippen molar-refractivity contribution in [3.8, 4) is 0 Å². The van der Waals surface area contributed by atoms with E-state index in [0.717, 1.165) is 26.2 Å². The summed E-state index contributed by atoms with van der Waals surface area (Å²) in [5.74, 6) is -2.18. The molecule has 158 valence electrons. The molecule has 0 spiro atoms. The number of hydrogen-bond acceptors (Lipinski definition) is 6. The number of carbonyl (C=O) groups is 4. The highest BCUT2D eigenvalue weighted by Gasteiger charge is 2.36. The van der Waals surface area contributed by atoms with Crippen LogP contribution >= 0.6 is 11.3 Å². The fraction of sp³-hybridized carbons (Fsp3) is 0.227. The summed E-state index contributed by atoms with van der Waals surface area (Å²) in [5.41, 5.74) is 3.41. The molecule has 0 radical (unpaired) electrons. The number of imide groups is 1. The summed E-state index contributed by atoms with van der Waals surface area (Å²) in [4.78, 5) is 55.0. The molecule has 0 saturated carbocycles. The van der Waals surface area contributed by atoms with E-state index in [0.29, 0.717) is 4.80 Å². The van der Waals surface area contributed by atoms with Gasteiger partial charge in [-0.25, -0.2) is 0 Å². The Labute approximate surface area is 181 Å². The van der Waals surface area contributed by atoms with Gasteiger partial charge < -0.3 is 9.30 Å². The number of amides is 3. The van der Waals surface area contributed by atoms with Crippen molar-refractivity contribution in [1.29, 1.82) is 0 Å². The van der Waals surface area contributed by atoms with Gasteiger partial charge in [-0.15, -0.1) is 0 Å². The summed E-state index contributed by atoms with van der Waals surface area (Å²) in [5, 5.41) is 0. The lowest BCUT2D eigenvalue weighted by atomic mass is 10.1. The third kappa shape index (κ3) is 3.68. The number of ether oxygens (including phenoxy) is 1. The highest BCUT2D eigenvalue weighted by Crippen LogP contribution is 2.23. The van der Waals surface area contributed by atoms with E-state index in [1.807, 2.05) is 26.0 Å². The molecule has 8 nitrogen and oxygen atoms in total. The molecular weight excluding hydrogens is 418 g/mol. The Morgan fingerprint density at radius 2 is 1.61 bits per heavy atom. The van der Waals surface area contributed by atoms with Crippen LogP contribution in [-0.4, -0.2) is 46.8 Å². The van der Waals surface area contributed by atoms with Crippen LogP contribution in [0.3, 0.4) is 0 Å². The Morgan fingerprint density at radius 1 is 1.00 bits per heavy atom. The number of nitrogens with zero attached hydrogens (tertiary/aromatic N) is 3. The molecule has 3 amide bonds. The topological polar surface area (TPSA) is 98.0 Å². The van der Waals surface area contributed by atoms with Crippen LogP contribution in [0.2, 0.25) is 0 Å². The lowest BCUT2D eigenvalue weighted by Gasteiger charge is -2.10. The second-order valence-electron chi connectivity index (χ2n) is 7.20. The van der Waals surface area contributed by atoms with Crippen molar-refractivity contribution < 1.29 is 23.9 Å². The molecule has 31 heavy (non-hydrogen) atoms. The Hall–Kier alpha value is -3.59. The molecule has 0 N–H and O–H groups in total. The van der Waals surface area contributed by atoms with Crippen LogP contribution in [0.5, 0.6) is 0 Å². The van der Waals surface area contributed by atoms with E-state index < -0.39 is 30.2 Å². The van der Waals surface area contributed by atoms with Crippen LogP contribution in [0, 0.1) is 13.8 Å². The first-order valence-corrected chi connectivity index (χ1v) is 10.3. The average Bonchev–Trinajstić information content (AvgIpc) is 3.18. The zero-order chi connectivity index (χ0) is 22.3. The van der Waals surface area contributed by atoms with Crippen molar-refractivity contribution in [1.82, 2.24) is 9.47 Å². The lowest BCUT2D eigenvalue weighted by molar-refractivity contribution is -0.141. The molecular formula is C22H19N3O5S. The third-order valence-electron chi connectivity index (χ3n) is 5.21. The van der Waals surface area contributed by atoms with E-state index >= 15 is 0 Å². The van der Waals surface area contributed by atoms with Crippen molar-refractivity contribution in [2.75, 3.05) is 13.7 Å². The van der Waals surface area contributed by atoms with Crippen molar-refractivity contribution in [3.05, 3.63) is 63.5 Å². The largest absolute Gasteiger partial charge is 0.468 e. The molecule has 0 bridgehead atoms. The highest BCUT2D eigenvalue weighted by atomic mass is 32.1. The van der Waals surface area contributed by atoms with E-state index in [1.54, 1.807) is 28.8 Å². The molecule has 0 atom stereocenters. The maximum atomic E-state index is 12.7. The van der Waals surface area contributed by atoms with Gasteiger partial charge in [-0.2, -0.15) is 4.99 Å². The van der Waals surface area contributed by atoms with Crippen molar-refractivity contribution >= 4 is 45.2 Å². The average molecular weight is 437 g/mol. The number of rotatable bonds is 4. The van der Waals surface area contributed by atoms with Gasteiger partial charge in [0.15, 0.2) is 4.80 Å². The van der Waals surface area contributed by atoms with Gasteiger partial charge in [0.05, 0.1) is 28.5 Å². The number of aromatic nitrogens is 1. The van der Waals surface area contributed by atoms with Crippen LogP contribution in [0.4, 0.5) is 0 Å². The number of carbonyl (C=O) groups excluding carboxylic acids is 4. The summed E-state index contributed by atoms with van der Waals surface area (Å²) >= 11 is 1.25. The molecule has 0 unspecified atom stereocenters. The van der Waals surface area contributed by atoms with Crippen LogP contribution in [0.1, 0.15) is 31.8 Å². The van der Waals surface area contributed by atoms with E-state index in [9.17, 15) is 19.2 Å².